The molecule has 0 radical (unpaired) electrons. The van der Waals surface area contributed by atoms with Crippen molar-refractivity contribution in [3.8, 4) is 0 Å². The van der Waals surface area contributed by atoms with Crippen molar-refractivity contribution in [1.29, 1.82) is 0 Å². The summed E-state index contributed by atoms with van der Waals surface area (Å²) in [5, 5.41) is 0.797. The van der Waals surface area contributed by atoms with Crippen LogP contribution in [0.1, 0.15) is 22.8 Å². The number of benzene rings is 1. The van der Waals surface area contributed by atoms with Crippen molar-refractivity contribution in [2.24, 2.45) is 11.5 Å². The maximum atomic E-state index is 11.6. The van der Waals surface area contributed by atoms with E-state index in [4.69, 9.17) is 16.2 Å². The van der Waals surface area contributed by atoms with E-state index >= 15 is 0 Å². The number of ether oxygens (including phenoxy) is 1. The van der Waals surface area contributed by atoms with Crippen LogP contribution >= 0.6 is 15.9 Å². The maximum absolute atomic E-state index is 11.6. The number of primary amides is 1. The van der Waals surface area contributed by atoms with E-state index in [1.54, 1.807) is 25.3 Å². The largest absolute Gasteiger partial charge is 0.465 e. The zero-order valence-electron chi connectivity index (χ0n) is 11.5. The molecule has 1 atom stereocenters. The number of aromatic nitrogens is 1. The average molecular weight is 354 g/mol. The van der Waals surface area contributed by atoms with E-state index < -0.39 is 17.9 Å². The molecule has 1 aromatic heterocycles. The first kappa shape index (κ1) is 15.5. The predicted molar refractivity (Wildman–Crippen MR) is 82.8 cm³/mol. The third-order valence-electron chi connectivity index (χ3n) is 3.16. The summed E-state index contributed by atoms with van der Waals surface area (Å²) < 4.78 is 5.70. The van der Waals surface area contributed by atoms with E-state index in [1.165, 1.54) is 0 Å². The van der Waals surface area contributed by atoms with Crippen molar-refractivity contribution in [2.75, 3.05) is 6.61 Å². The van der Waals surface area contributed by atoms with Crippen LogP contribution in [-0.4, -0.2) is 29.5 Å². The normalized spacial score (nSPS) is 12.3. The number of amides is 1. The number of fused-ring (bicyclic) bond motifs is 1. The van der Waals surface area contributed by atoms with Crippen LogP contribution in [0.15, 0.2) is 22.8 Å². The molecule has 0 aliphatic rings. The standard InChI is InChI=1S/C14H16BrN3O3/c1-2-21-14(20)10(16)5-7-6-18-12-8(13(17)19)3-4-9(15)11(7)12/h3-4,6,10,18H,2,5,16H2,1H3,(H2,17,19). The number of esters is 1. The van der Waals surface area contributed by atoms with Gasteiger partial charge in [0.1, 0.15) is 6.04 Å². The molecule has 7 heteroatoms. The first-order chi connectivity index (χ1) is 9.95. The summed E-state index contributed by atoms with van der Waals surface area (Å²) in [6.07, 6.45) is 2.03. The number of carbonyl (C=O) groups excluding carboxylic acids is 2. The lowest BCUT2D eigenvalue weighted by atomic mass is 10.0. The van der Waals surface area contributed by atoms with E-state index in [2.05, 4.69) is 20.9 Å². The van der Waals surface area contributed by atoms with Gasteiger partial charge in [-0.3, -0.25) is 9.59 Å². The first-order valence-corrected chi connectivity index (χ1v) is 7.25. The highest BCUT2D eigenvalue weighted by atomic mass is 79.9. The monoisotopic (exact) mass is 353 g/mol. The van der Waals surface area contributed by atoms with Crippen LogP contribution in [0.5, 0.6) is 0 Å². The molecule has 1 amide bonds. The second kappa shape index (κ2) is 6.28. The Morgan fingerprint density at radius 3 is 2.76 bits per heavy atom. The highest BCUT2D eigenvalue weighted by molar-refractivity contribution is 9.10. The molecule has 0 bridgehead atoms. The second-order valence-electron chi connectivity index (χ2n) is 4.59. The number of carbonyl (C=O) groups is 2. The van der Waals surface area contributed by atoms with E-state index in [1.807, 2.05) is 0 Å². The smallest absolute Gasteiger partial charge is 0.323 e. The molecule has 1 unspecified atom stereocenters. The molecule has 0 aliphatic heterocycles. The molecule has 0 aliphatic carbocycles. The van der Waals surface area contributed by atoms with E-state index in [0.29, 0.717) is 17.5 Å². The predicted octanol–water partition coefficient (Wildman–Crippen LogP) is 1.46. The molecule has 2 rings (SSSR count). The van der Waals surface area contributed by atoms with E-state index in [-0.39, 0.29) is 6.61 Å². The highest BCUT2D eigenvalue weighted by Crippen LogP contribution is 2.30. The van der Waals surface area contributed by atoms with Gasteiger partial charge in [-0.1, -0.05) is 15.9 Å². The number of nitrogens with two attached hydrogens (primary N) is 2. The molecule has 112 valence electrons. The maximum Gasteiger partial charge on any atom is 0.323 e. The van der Waals surface area contributed by atoms with Crippen LogP contribution in [-0.2, 0) is 16.0 Å². The molecule has 21 heavy (non-hydrogen) atoms. The topological polar surface area (TPSA) is 111 Å². The molecular formula is C14H16BrN3O3. The minimum Gasteiger partial charge on any atom is -0.465 e. The fourth-order valence-electron chi connectivity index (χ4n) is 2.21. The summed E-state index contributed by atoms with van der Waals surface area (Å²) in [6, 6.07) is 2.63. The Hall–Kier alpha value is -1.86. The van der Waals surface area contributed by atoms with Gasteiger partial charge in [0.25, 0.3) is 5.91 Å². The van der Waals surface area contributed by atoms with Crippen molar-refractivity contribution >= 4 is 38.7 Å². The average Bonchev–Trinajstić information content (AvgIpc) is 2.83. The summed E-state index contributed by atoms with van der Waals surface area (Å²) >= 11 is 3.44. The molecule has 2 aromatic rings. The molecular weight excluding hydrogens is 338 g/mol. The van der Waals surface area contributed by atoms with E-state index in [9.17, 15) is 9.59 Å². The number of hydrogen-bond acceptors (Lipinski definition) is 4. The molecule has 0 saturated heterocycles. The molecule has 1 aromatic carbocycles. The van der Waals surface area contributed by atoms with E-state index in [0.717, 1.165) is 15.4 Å². The third kappa shape index (κ3) is 3.08. The Bertz CT molecular complexity index is 696. The van der Waals surface area contributed by atoms with Crippen molar-refractivity contribution in [3.63, 3.8) is 0 Å². The molecule has 5 N–H and O–H groups in total. The summed E-state index contributed by atoms with van der Waals surface area (Å²) in [4.78, 5) is 26.1. The Morgan fingerprint density at radius 1 is 1.43 bits per heavy atom. The van der Waals surface area contributed by atoms with Gasteiger partial charge in [-0.05, 0) is 24.6 Å². The number of nitrogens with one attached hydrogen (secondary N) is 1. The van der Waals surface area contributed by atoms with Crippen LogP contribution in [0.25, 0.3) is 10.9 Å². The zero-order chi connectivity index (χ0) is 15.6. The van der Waals surface area contributed by atoms with Crippen LogP contribution in [0.2, 0.25) is 0 Å². The van der Waals surface area contributed by atoms with Gasteiger partial charge >= 0.3 is 5.97 Å². The summed E-state index contributed by atoms with van der Waals surface area (Å²) in [7, 11) is 0. The molecule has 0 spiro atoms. The quantitative estimate of drug-likeness (QED) is 0.706. The van der Waals surface area contributed by atoms with Gasteiger partial charge in [0.2, 0.25) is 0 Å². The van der Waals surface area contributed by atoms with Gasteiger partial charge < -0.3 is 21.2 Å². The lowest BCUT2D eigenvalue weighted by Crippen LogP contribution is -2.34. The van der Waals surface area contributed by atoms with Crippen molar-refractivity contribution in [2.45, 2.75) is 19.4 Å². The number of aromatic amines is 1. The van der Waals surface area contributed by atoms with Crippen molar-refractivity contribution in [1.82, 2.24) is 4.98 Å². The zero-order valence-corrected chi connectivity index (χ0v) is 13.1. The molecule has 1 heterocycles. The van der Waals surface area contributed by atoms with Gasteiger partial charge in [-0.2, -0.15) is 0 Å². The fraction of sp³-hybridized carbons (Fsp3) is 0.286. The van der Waals surface area contributed by atoms with Gasteiger partial charge in [-0.15, -0.1) is 0 Å². The number of H-pyrrole nitrogens is 1. The van der Waals surface area contributed by atoms with Crippen LogP contribution in [0, 0.1) is 0 Å². The Labute approximate surface area is 129 Å². The molecule has 0 saturated carbocycles. The summed E-state index contributed by atoms with van der Waals surface area (Å²) in [5.41, 5.74) is 13.0. The Kier molecular flexibility index (Phi) is 4.64. The summed E-state index contributed by atoms with van der Waals surface area (Å²) in [5.74, 6) is -0.968. The third-order valence-corrected chi connectivity index (χ3v) is 3.82. The minimum absolute atomic E-state index is 0.288. The van der Waals surface area contributed by atoms with Gasteiger partial charge in [0.15, 0.2) is 0 Å². The molecule has 0 fully saturated rings. The van der Waals surface area contributed by atoms with Gasteiger partial charge in [0.05, 0.1) is 17.7 Å². The Morgan fingerprint density at radius 2 is 2.14 bits per heavy atom. The summed E-state index contributed by atoms with van der Waals surface area (Å²) in [6.45, 7) is 2.02. The minimum atomic E-state index is -0.756. The van der Waals surface area contributed by atoms with Crippen LogP contribution in [0.3, 0.4) is 0 Å². The van der Waals surface area contributed by atoms with Gasteiger partial charge in [0, 0.05) is 22.5 Å². The first-order valence-electron chi connectivity index (χ1n) is 6.46. The SMILES string of the molecule is CCOC(=O)C(N)Cc1c[nH]c2c(C(N)=O)ccc(Br)c12. The van der Waals surface area contributed by atoms with Crippen LogP contribution in [0.4, 0.5) is 0 Å². The Balaban J connectivity index is 2.40. The lowest BCUT2D eigenvalue weighted by Gasteiger charge is -2.10. The lowest BCUT2D eigenvalue weighted by molar-refractivity contribution is -0.144. The van der Waals surface area contributed by atoms with Crippen molar-refractivity contribution < 1.29 is 14.3 Å². The van der Waals surface area contributed by atoms with Gasteiger partial charge in [-0.25, -0.2) is 0 Å². The fourth-order valence-corrected chi connectivity index (χ4v) is 2.79. The number of hydrogen-bond donors (Lipinski definition) is 3. The number of halogens is 1. The second-order valence-corrected chi connectivity index (χ2v) is 5.44. The highest BCUT2D eigenvalue weighted by Gasteiger charge is 2.20. The van der Waals surface area contributed by atoms with Crippen LogP contribution < -0.4 is 11.5 Å². The number of rotatable bonds is 5. The molecule has 6 nitrogen and oxygen atoms in total. The van der Waals surface area contributed by atoms with Crippen molar-refractivity contribution in [3.05, 3.63) is 33.9 Å².